The second-order valence-electron chi connectivity index (χ2n) is 4.75. The maximum absolute atomic E-state index is 12.2. The number of hydrogen-bond donors (Lipinski definition) is 2. The van der Waals surface area contributed by atoms with Crippen LogP contribution in [0.4, 0.5) is 11.4 Å². The lowest BCUT2D eigenvalue weighted by atomic mass is 10.1. The third-order valence-electron chi connectivity index (χ3n) is 2.99. The molecule has 2 aromatic carbocycles. The summed E-state index contributed by atoms with van der Waals surface area (Å²) >= 11 is 0. The van der Waals surface area contributed by atoms with E-state index < -0.39 is 10.8 Å². The van der Waals surface area contributed by atoms with Crippen LogP contribution in [-0.2, 0) is 0 Å². The molecule has 6 nitrogen and oxygen atoms in total. The van der Waals surface area contributed by atoms with Crippen LogP contribution in [0.5, 0.6) is 5.75 Å². The molecule has 0 atom stereocenters. The molecule has 0 unspecified atom stereocenters. The molecule has 0 saturated heterocycles. The largest absolute Gasteiger partial charge is 0.506 e. The van der Waals surface area contributed by atoms with E-state index in [9.17, 15) is 20.0 Å². The van der Waals surface area contributed by atoms with Crippen LogP contribution in [0.25, 0.3) is 0 Å². The molecular weight excluding hydrogens is 272 g/mol. The van der Waals surface area contributed by atoms with Gasteiger partial charge in [0.1, 0.15) is 11.3 Å². The lowest BCUT2D eigenvalue weighted by molar-refractivity contribution is -0.385. The molecule has 2 N–H and O–H groups in total. The van der Waals surface area contributed by atoms with E-state index in [1.54, 1.807) is 32.0 Å². The van der Waals surface area contributed by atoms with Crippen LogP contribution in [0.1, 0.15) is 21.5 Å². The number of benzene rings is 2. The van der Waals surface area contributed by atoms with Gasteiger partial charge in [0.15, 0.2) is 0 Å². The Labute approximate surface area is 121 Å². The number of carbonyl (C=O) groups excluding carboxylic acids is 1. The first-order valence-corrected chi connectivity index (χ1v) is 6.24. The highest BCUT2D eigenvalue weighted by atomic mass is 16.6. The van der Waals surface area contributed by atoms with Crippen molar-refractivity contribution in [3.05, 3.63) is 63.2 Å². The van der Waals surface area contributed by atoms with Crippen molar-refractivity contribution in [3.63, 3.8) is 0 Å². The molecule has 2 aromatic rings. The van der Waals surface area contributed by atoms with Gasteiger partial charge in [-0.15, -0.1) is 0 Å². The zero-order chi connectivity index (χ0) is 15.6. The summed E-state index contributed by atoms with van der Waals surface area (Å²) in [4.78, 5) is 22.6. The van der Waals surface area contributed by atoms with Crippen molar-refractivity contribution >= 4 is 17.3 Å². The lowest BCUT2D eigenvalue weighted by Crippen LogP contribution is -2.14. The van der Waals surface area contributed by atoms with E-state index in [1.165, 1.54) is 18.2 Å². The molecular formula is C15H14N2O4. The van der Waals surface area contributed by atoms with E-state index in [0.29, 0.717) is 0 Å². The molecule has 0 bridgehead atoms. The molecule has 0 fully saturated rings. The summed E-state index contributed by atoms with van der Waals surface area (Å²) in [6.07, 6.45) is 0. The minimum Gasteiger partial charge on any atom is -0.506 e. The molecule has 0 aliphatic carbocycles. The first-order chi connectivity index (χ1) is 9.88. The van der Waals surface area contributed by atoms with Crippen LogP contribution in [0.3, 0.4) is 0 Å². The number of phenols is 1. The minimum atomic E-state index is -0.635. The molecule has 0 heterocycles. The highest BCUT2D eigenvalue weighted by molar-refractivity contribution is 6.07. The van der Waals surface area contributed by atoms with Crippen LogP contribution in [0.15, 0.2) is 36.4 Å². The zero-order valence-corrected chi connectivity index (χ0v) is 11.6. The van der Waals surface area contributed by atoms with E-state index >= 15 is 0 Å². The van der Waals surface area contributed by atoms with Gasteiger partial charge in [-0.25, -0.2) is 0 Å². The number of amides is 1. The fourth-order valence-electron chi connectivity index (χ4n) is 1.93. The SMILES string of the molecule is Cc1ccc(NC(=O)c2cc(C)ccc2[N+](=O)[O-])c(O)c1. The fourth-order valence-corrected chi connectivity index (χ4v) is 1.93. The number of nitrogens with one attached hydrogen (secondary N) is 1. The Hall–Kier alpha value is -2.89. The summed E-state index contributed by atoms with van der Waals surface area (Å²) in [6, 6.07) is 9.07. The Kier molecular flexibility index (Phi) is 3.89. The van der Waals surface area contributed by atoms with E-state index in [4.69, 9.17) is 0 Å². The molecule has 21 heavy (non-hydrogen) atoms. The third-order valence-corrected chi connectivity index (χ3v) is 2.99. The Morgan fingerprint density at radius 3 is 2.38 bits per heavy atom. The lowest BCUT2D eigenvalue weighted by Gasteiger charge is -2.09. The minimum absolute atomic E-state index is 0.0417. The quantitative estimate of drug-likeness (QED) is 0.515. The van der Waals surface area contributed by atoms with E-state index in [0.717, 1.165) is 11.1 Å². The Balaban J connectivity index is 2.36. The normalized spacial score (nSPS) is 10.2. The summed E-state index contributed by atoms with van der Waals surface area (Å²) in [5.74, 6) is -0.719. The highest BCUT2D eigenvalue weighted by Crippen LogP contribution is 2.26. The number of nitro groups is 1. The smallest absolute Gasteiger partial charge is 0.282 e. The van der Waals surface area contributed by atoms with Crippen LogP contribution in [-0.4, -0.2) is 15.9 Å². The Morgan fingerprint density at radius 2 is 1.76 bits per heavy atom. The van der Waals surface area contributed by atoms with Gasteiger partial charge in [0.05, 0.1) is 10.6 Å². The summed E-state index contributed by atoms with van der Waals surface area (Å²) in [5.41, 5.74) is 1.47. The number of aryl methyl sites for hydroxylation is 2. The van der Waals surface area contributed by atoms with E-state index in [2.05, 4.69) is 5.32 Å². The monoisotopic (exact) mass is 286 g/mol. The van der Waals surface area contributed by atoms with Crippen LogP contribution in [0.2, 0.25) is 0 Å². The first-order valence-electron chi connectivity index (χ1n) is 6.24. The number of aromatic hydroxyl groups is 1. The van der Waals surface area contributed by atoms with Crippen molar-refractivity contribution in [2.75, 3.05) is 5.32 Å². The molecule has 0 aromatic heterocycles. The van der Waals surface area contributed by atoms with Crippen molar-refractivity contribution in [2.24, 2.45) is 0 Å². The molecule has 0 spiro atoms. The van der Waals surface area contributed by atoms with Crippen molar-refractivity contribution in [3.8, 4) is 5.75 Å². The number of carbonyl (C=O) groups is 1. The fraction of sp³-hybridized carbons (Fsp3) is 0.133. The van der Waals surface area contributed by atoms with Gasteiger partial charge in [0.25, 0.3) is 11.6 Å². The molecule has 0 aliphatic heterocycles. The number of anilines is 1. The van der Waals surface area contributed by atoms with Gasteiger partial charge in [-0.3, -0.25) is 14.9 Å². The number of nitrogens with zero attached hydrogens (tertiary/aromatic N) is 1. The molecule has 0 aliphatic rings. The van der Waals surface area contributed by atoms with Gasteiger partial charge < -0.3 is 10.4 Å². The maximum Gasteiger partial charge on any atom is 0.282 e. The highest BCUT2D eigenvalue weighted by Gasteiger charge is 2.20. The van der Waals surface area contributed by atoms with E-state index in [-0.39, 0.29) is 22.7 Å². The van der Waals surface area contributed by atoms with Gasteiger partial charge in [0, 0.05) is 6.07 Å². The van der Waals surface area contributed by atoms with Gasteiger partial charge in [-0.1, -0.05) is 12.1 Å². The van der Waals surface area contributed by atoms with Crippen molar-refractivity contribution < 1.29 is 14.8 Å². The molecule has 0 saturated carbocycles. The van der Waals surface area contributed by atoms with Gasteiger partial charge in [0.2, 0.25) is 0 Å². The average Bonchev–Trinajstić information content (AvgIpc) is 2.41. The number of nitro benzene ring substituents is 1. The van der Waals surface area contributed by atoms with Gasteiger partial charge in [-0.2, -0.15) is 0 Å². The number of rotatable bonds is 3. The number of phenolic OH excluding ortho intramolecular Hbond substituents is 1. The summed E-state index contributed by atoms with van der Waals surface area (Å²) in [7, 11) is 0. The topological polar surface area (TPSA) is 92.5 Å². The average molecular weight is 286 g/mol. The van der Waals surface area contributed by atoms with Crippen LogP contribution in [0, 0.1) is 24.0 Å². The van der Waals surface area contributed by atoms with E-state index in [1.807, 2.05) is 0 Å². The van der Waals surface area contributed by atoms with Crippen molar-refractivity contribution in [1.29, 1.82) is 0 Å². The predicted octanol–water partition coefficient (Wildman–Crippen LogP) is 3.17. The first kappa shape index (κ1) is 14.5. The van der Waals surface area contributed by atoms with Crippen molar-refractivity contribution in [2.45, 2.75) is 13.8 Å². The molecule has 108 valence electrons. The summed E-state index contributed by atoms with van der Waals surface area (Å²) < 4.78 is 0. The third kappa shape index (κ3) is 3.17. The summed E-state index contributed by atoms with van der Waals surface area (Å²) in [6.45, 7) is 3.54. The molecule has 1 amide bonds. The summed E-state index contributed by atoms with van der Waals surface area (Å²) in [5, 5.41) is 23.2. The van der Waals surface area contributed by atoms with Crippen molar-refractivity contribution in [1.82, 2.24) is 0 Å². The molecule has 6 heteroatoms. The predicted molar refractivity (Wildman–Crippen MR) is 78.6 cm³/mol. The van der Waals surface area contributed by atoms with Crippen LogP contribution < -0.4 is 5.32 Å². The zero-order valence-electron chi connectivity index (χ0n) is 11.6. The maximum atomic E-state index is 12.2. The molecule has 2 rings (SSSR count). The number of hydrogen-bond acceptors (Lipinski definition) is 4. The second-order valence-corrected chi connectivity index (χ2v) is 4.75. The second kappa shape index (κ2) is 5.62. The van der Waals surface area contributed by atoms with Gasteiger partial charge >= 0.3 is 0 Å². The standard InChI is InChI=1S/C15H14N2O4/c1-9-4-6-13(17(20)21)11(7-9)15(19)16-12-5-3-10(2)8-14(12)18/h3-8,18H,1-2H3,(H,16,19). The molecule has 0 radical (unpaired) electrons. The Bertz CT molecular complexity index is 726. The Morgan fingerprint density at radius 1 is 1.14 bits per heavy atom. The van der Waals surface area contributed by atoms with Crippen LogP contribution >= 0.6 is 0 Å². The van der Waals surface area contributed by atoms with Gasteiger partial charge in [-0.05, 0) is 43.2 Å².